The van der Waals surface area contributed by atoms with Gasteiger partial charge in [0.15, 0.2) is 0 Å². The summed E-state index contributed by atoms with van der Waals surface area (Å²) in [4.78, 5) is 10.9. The number of carbonyl (C=O) groups is 1. The molecule has 1 heterocycles. The van der Waals surface area contributed by atoms with Crippen LogP contribution in [0.4, 0.5) is 13.2 Å². The SMILES string of the molecule is O=C(NC1CNCc2cccc(Cl)c21)C(F)(F)F. The Bertz CT molecular complexity index is 476. The minimum atomic E-state index is -4.89. The summed E-state index contributed by atoms with van der Waals surface area (Å²) in [7, 11) is 0. The molecule has 3 nitrogen and oxygen atoms in total. The van der Waals surface area contributed by atoms with Crippen molar-refractivity contribution in [3.05, 3.63) is 34.3 Å². The normalized spacial score (nSPS) is 19.2. The third kappa shape index (κ3) is 2.59. The van der Waals surface area contributed by atoms with Gasteiger partial charge in [-0.3, -0.25) is 4.79 Å². The second-order valence-corrected chi connectivity index (χ2v) is 4.37. The smallest absolute Gasteiger partial charge is 0.340 e. The Kier molecular flexibility index (Phi) is 3.49. The highest BCUT2D eigenvalue weighted by Gasteiger charge is 2.40. The maximum Gasteiger partial charge on any atom is 0.471 e. The second kappa shape index (κ2) is 4.78. The van der Waals surface area contributed by atoms with Crippen molar-refractivity contribution in [2.45, 2.75) is 18.8 Å². The van der Waals surface area contributed by atoms with Crippen molar-refractivity contribution in [3.63, 3.8) is 0 Å². The molecule has 2 rings (SSSR count). The van der Waals surface area contributed by atoms with Crippen molar-refractivity contribution in [2.24, 2.45) is 0 Å². The van der Waals surface area contributed by atoms with Crippen molar-refractivity contribution >= 4 is 17.5 Å². The molecule has 0 saturated heterocycles. The lowest BCUT2D eigenvalue weighted by Crippen LogP contribution is -2.44. The Hall–Kier alpha value is -1.27. The molecule has 1 amide bonds. The molecule has 0 aromatic heterocycles. The number of nitrogens with one attached hydrogen (secondary N) is 2. The van der Waals surface area contributed by atoms with E-state index in [0.29, 0.717) is 17.1 Å². The molecule has 0 bridgehead atoms. The van der Waals surface area contributed by atoms with Gasteiger partial charge in [0.05, 0.1) is 6.04 Å². The number of rotatable bonds is 1. The van der Waals surface area contributed by atoms with Crippen LogP contribution >= 0.6 is 11.6 Å². The molecule has 18 heavy (non-hydrogen) atoms. The van der Waals surface area contributed by atoms with Gasteiger partial charge in [0.2, 0.25) is 0 Å². The van der Waals surface area contributed by atoms with Crippen molar-refractivity contribution in [1.82, 2.24) is 10.6 Å². The zero-order valence-corrected chi connectivity index (χ0v) is 9.90. The van der Waals surface area contributed by atoms with Crippen LogP contribution in [0.15, 0.2) is 18.2 Å². The van der Waals surface area contributed by atoms with Crippen LogP contribution in [0.5, 0.6) is 0 Å². The summed E-state index contributed by atoms with van der Waals surface area (Å²) in [6, 6.07) is 4.31. The van der Waals surface area contributed by atoms with E-state index in [-0.39, 0.29) is 6.54 Å². The summed E-state index contributed by atoms with van der Waals surface area (Å²) in [5.41, 5.74) is 1.34. The predicted octanol–water partition coefficient (Wildman–Crippen LogP) is 2.16. The third-order valence-corrected chi connectivity index (χ3v) is 3.05. The number of fused-ring (bicyclic) bond motifs is 1. The Balaban J connectivity index is 2.26. The van der Waals surface area contributed by atoms with Crippen LogP contribution in [-0.2, 0) is 11.3 Å². The van der Waals surface area contributed by atoms with Crippen LogP contribution in [0.3, 0.4) is 0 Å². The first-order valence-corrected chi connectivity index (χ1v) is 5.63. The molecule has 1 aromatic rings. The van der Waals surface area contributed by atoms with E-state index >= 15 is 0 Å². The maximum atomic E-state index is 12.2. The van der Waals surface area contributed by atoms with E-state index in [1.54, 1.807) is 18.2 Å². The lowest BCUT2D eigenvalue weighted by molar-refractivity contribution is -0.174. The fourth-order valence-corrected chi connectivity index (χ4v) is 2.27. The third-order valence-electron chi connectivity index (χ3n) is 2.72. The van der Waals surface area contributed by atoms with E-state index in [2.05, 4.69) is 5.32 Å². The fourth-order valence-electron chi connectivity index (χ4n) is 1.94. The standard InChI is InChI=1S/C11H10ClF3N2O/c12-7-3-1-2-6-4-16-5-8(9(6)7)17-10(18)11(13,14)15/h1-3,8,16H,4-5H2,(H,17,18). The molecule has 1 atom stereocenters. The number of halogens is 4. The van der Waals surface area contributed by atoms with Crippen LogP contribution in [-0.4, -0.2) is 18.6 Å². The summed E-state index contributed by atoms with van der Waals surface area (Å²) in [6.45, 7) is 0.743. The predicted molar refractivity (Wildman–Crippen MR) is 60.1 cm³/mol. The van der Waals surface area contributed by atoms with Gasteiger partial charge >= 0.3 is 12.1 Å². The van der Waals surface area contributed by atoms with E-state index in [1.807, 2.05) is 5.32 Å². The summed E-state index contributed by atoms with van der Waals surface area (Å²) < 4.78 is 36.6. The molecule has 0 spiro atoms. The Labute approximate surface area is 106 Å². The lowest BCUT2D eigenvalue weighted by Gasteiger charge is -2.28. The summed E-state index contributed by atoms with van der Waals surface area (Å²) >= 11 is 5.97. The average Bonchev–Trinajstić information content (AvgIpc) is 2.28. The molecule has 0 saturated carbocycles. The molecule has 98 valence electrons. The van der Waals surface area contributed by atoms with Crippen LogP contribution in [0.2, 0.25) is 5.02 Å². The van der Waals surface area contributed by atoms with Gasteiger partial charge in [-0.15, -0.1) is 0 Å². The zero-order chi connectivity index (χ0) is 13.3. The summed E-state index contributed by atoms with van der Waals surface area (Å²) in [6.07, 6.45) is -4.89. The van der Waals surface area contributed by atoms with Gasteiger partial charge in [-0.2, -0.15) is 13.2 Å². The molecular weight excluding hydrogens is 269 g/mol. The highest BCUT2D eigenvalue weighted by molar-refractivity contribution is 6.31. The number of hydrogen-bond donors (Lipinski definition) is 2. The molecule has 1 aliphatic heterocycles. The quantitative estimate of drug-likeness (QED) is 0.827. The minimum Gasteiger partial charge on any atom is -0.340 e. The lowest BCUT2D eigenvalue weighted by atomic mass is 9.96. The molecule has 0 fully saturated rings. The highest BCUT2D eigenvalue weighted by atomic mass is 35.5. The van der Waals surface area contributed by atoms with Gasteiger partial charge in [0.25, 0.3) is 0 Å². The van der Waals surface area contributed by atoms with Crippen molar-refractivity contribution < 1.29 is 18.0 Å². The van der Waals surface area contributed by atoms with Crippen molar-refractivity contribution in [1.29, 1.82) is 0 Å². The molecule has 2 N–H and O–H groups in total. The van der Waals surface area contributed by atoms with Gasteiger partial charge in [-0.25, -0.2) is 0 Å². The van der Waals surface area contributed by atoms with Crippen LogP contribution in [0.1, 0.15) is 17.2 Å². The number of alkyl halides is 3. The van der Waals surface area contributed by atoms with Crippen LogP contribution < -0.4 is 10.6 Å². The molecule has 0 radical (unpaired) electrons. The average molecular weight is 279 g/mol. The molecule has 0 aliphatic carbocycles. The van der Waals surface area contributed by atoms with Crippen molar-refractivity contribution in [3.8, 4) is 0 Å². The van der Waals surface area contributed by atoms with Crippen molar-refractivity contribution in [2.75, 3.05) is 6.54 Å². The molecule has 1 unspecified atom stereocenters. The highest BCUT2D eigenvalue weighted by Crippen LogP contribution is 2.30. The van der Waals surface area contributed by atoms with E-state index in [1.165, 1.54) is 0 Å². The molecule has 7 heteroatoms. The largest absolute Gasteiger partial charge is 0.471 e. The van der Waals surface area contributed by atoms with Gasteiger partial charge < -0.3 is 10.6 Å². The first kappa shape index (κ1) is 13.2. The van der Waals surface area contributed by atoms with Gasteiger partial charge in [-0.1, -0.05) is 23.7 Å². The number of carbonyl (C=O) groups excluding carboxylic acids is 1. The Morgan fingerprint density at radius 3 is 2.83 bits per heavy atom. The van der Waals surface area contributed by atoms with Gasteiger partial charge in [0, 0.05) is 18.1 Å². The first-order chi connectivity index (χ1) is 8.39. The molecular formula is C11H10ClF3N2O. The van der Waals surface area contributed by atoms with Gasteiger partial charge in [-0.05, 0) is 17.2 Å². The first-order valence-electron chi connectivity index (χ1n) is 5.25. The van der Waals surface area contributed by atoms with E-state index < -0.39 is 18.1 Å². The van der Waals surface area contributed by atoms with E-state index in [4.69, 9.17) is 11.6 Å². The maximum absolute atomic E-state index is 12.2. The molecule has 1 aromatic carbocycles. The van der Waals surface area contributed by atoms with Crippen LogP contribution in [0.25, 0.3) is 0 Å². The monoisotopic (exact) mass is 278 g/mol. The number of benzene rings is 1. The summed E-state index contributed by atoms with van der Waals surface area (Å²) in [5.74, 6) is -1.96. The topological polar surface area (TPSA) is 41.1 Å². The zero-order valence-electron chi connectivity index (χ0n) is 9.14. The Morgan fingerprint density at radius 1 is 1.44 bits per heavy atom. The number of hydrogen-bond acceptors (Lipinski definition) is 2. The number of amides is 1. The second-order valence-electron chi connectivity index (χ2n) is 3.97. The van der Waals surface area contributed by atoms with E-state index in [0.717, 1.165) is 5.56 Å². The Morgan fingerprint density at radius 2 is 2.17 bits per heavy atom. The van der Waals surface area contributed by atoms with Crippen LogP contribution in [0, 0.1) is 0 Å². The van der Waals surface area contributed by atoms with Gasteiger partial charge in [0.1, 0.15) is 0 Å². The molecule has 1 aliphatic rings. The fraction of sp³-hybridized carbons (Fsp3) is 0.364. The van der Waals surface area contributed by atoms with E-state index in [9.17, 15) is 18.0 Å². The minimum absolute atomic E-state index is 0.221. The summed E-state index contributed by atoms with van der Waals surface area (Å²) in [5, 5.41) is 5.24.